The first-order valence-corrected chi connectivity index (χ1v) is 6.80. The molecule has 0 spiro atoms. The first-order chi connectivity index (χ1) is 9.79. The van der Waals surface area contributed by atoms with Gasteiger partial charge >= 0.3 is 0 Å². The van der Waals surface area contributed by atoms with Crippen molar-refractivity contribution in [3.63, 3.8) is 0 Å². The van der Waals surface area contributed by atoms with E-state index < -0.39 is 0 Å². The van der Waals surface area contributed by atoms with Gasteiger partial charge in [0.1, 0.15) is 0 Å². The van der Waals surface area contributed by atoms with E-state index in [2.05, 4.69) is 33.5 Å². The third-order valence-electron chi connectivity index (χ3n) is 3.31. The van der Waals surface area contributed by atoms with Gasteiger partial charge in [0.15, 0.2) is 0 Å². The number of hydrogen-bond donors (Lipinski definition) is 1. The topological polar surface area (TPSA) is 37.8 Å². The quantitative estimate of drug-likeness (QED) is 0.798. The number of nitrogens with zero attached hydrogens (tertiary/aromatic N) is 2. The van der Waals surface area contributed by atoms with Gasteiger partial charge in [-0.2, -0.15) is 0 Å². The predicted octanol–water partition coefficient (Wildman–Crippen LogP) is 3.59. The second-order valence-corrected chi connectivity index (χ2v) is 4.95. The van der Waals surface area contributed by atoms with E-state index in [0.29, 0.717) is 5.02 Å². The van der Waals surface area contributed by atoms with Crippen molar-refractivity contribution in [3.8, 4) is 0 Å². The van der Waals surface area contributed by atoms with Gasteiger partial charge in [0.2, 0.25) is 0 Å². The van der Waals surface area contributed by atoms with Crippen molar-refractivity contribution in [2.24, 2.45) is 0 Å². The van der Waals surface area contributed by atoms with Crippen molar-refractivity contribution in [2.75, 3.05) is 7.05 Å². The lowest BCUT2D eigenvalue weighted by Crippen LogP contribution is -2.19. The van der Waals surface area contributed by atoms with Gasteiger partial charge in [-0.25, -0.2) is 0 Å². The van der Waals surface area contributed by atoms with Gasteiger partial charge in [-0.15, -0.1) is 0 Å². The van der Waals surface area contributed by atoms with Crippen LogP contribution in [0, 0.1) is 0 Å². The Labute approximate surface area is 122 Å². The van der Waals surface area contributed by atoms with Gasteiger partial charge < -0.3 is 5.32 Å². The Kier molecular flexibility index (Phi) is 3.63. The normalized spacial score (nSPS) is 12.5. The third kappa shape index (κ3) is 2.38. The fourth-order valence-corrected chi connectivity index (χ4v) is 2.57. The Morgan fingerprint density at radius 3 is 2.65 bits per heavy atom. The molecule has 0 aliphatic heterocycles. The summed E-state index contributed by atoms with van der Waals surface area (Å²) in [5.41, 5.74) is 2.89. The van der Waals surface area contributed by atoms with Crippen LogP contribution in [0.3, 0.4) is 0 Å². The number of benzene rings is 1. The van der Waals surface area contributed by atoms with Crippen LogP contribution < -0.4 is 5.32 Å². The van der Waals surface area contributed by atoms with Crippen molar-refractivity contribution < 1.29 is 0 Å². The maximum absolute atomic E-state index is 6.25. The molecular weight excluding hydrogens is 270 g/mol. The number of halogens is 1. The minimum Gasteiger partial charge on any atom is -0.308 e. The molecule has 1 atom stereocenters. The minimum absolute atomic E-state index is 0.0462. The highest BCUT2D eigenvalue weighted by Gasteiger charge is 2.16. The van der Waals surface area contributed by atoms with Gasteiger partial charge in [0.25, 0.3) is 0 Å². The fourth-order valence-electron chi connectivity index (χ4n) is 2.33. The molecule has 2 heterocycles. The SMILES string of the molecule is CNC(c1ccc2cccnc2c1)c1ncccc1Cl. The van der Waals surface area contributed by atoms with Crippen LogP contribution in [0.15, 0.2) is 54.9 Å². The Morgan fingerprint density at radius 2 is 1.85 bits per heavy atom. The Morgan fingerprint density at radius 1 is 1.05 bits per heavy atom. The molecule has 3 aromatic rings. The van der Waals surface area contributed by atoms with Crippen LogP contribution in [0.1, 0.15) is 17.3 Å². The summed E-state index contributed by atoms with van der Waals surface area (Å²) in [7, 11) is 1.90. The van der Waals surface area contributed by atoms with Gasteiger partial charge in [-0.1, -0.05) is 29.8 Å². The lowest BCUT2D eigenvalue weighted by molar-refractivity contribution is 0.672. The molecule has 0 bridgehead atoms. The van der Waals surface area contributed by atoms with Crippen molar-refractivity contribution in [1.29, 1.82) is 0 Å². The van der Waals surface area contributed by atoms with E-state index in [9.17, 15) is 0 Å². The largest absolute Gasteiger partial charge is 0.308 e. The lowest BCUT2D eigenvalue weighted by atomic mass is 10.0. The first-order valence-electron chi connectivity index (χ1n) is 6.42. The Bertz CT molecular complexity index is 742. The van der Waals surface area contributed by atoms with E-state index in [1.165, 1.54) is 0 Å². The minimum atomic E-state index is -0.0462. The molecule has 1 unspecified atom stereocenters. The molecule has 3 rings (SSSR count). The molecule has 0 fully saturated rings. The van der Waals surface area contributed by atoms with Gasteiger partial charge in [-0.05, 0) is 36.9 Å². The molecule has 0 aliphatic carbocycles. The molecule has 0 saturated heterocycles. The molecule has 0 radical (unpaired) electrons. The smallest absolute Gasteiger partial charge is 0.0804 e. The van der Waals surface area contributed by atoms with E-state index in [-0.39, 0.29) is 6.04 Å². The Balaban J connectivity index is 2.10. The van der Waals surface area contributed by atoms with Crippen molar-refractivity contribution in [2.45, 2.75) is 6.04 Å². The van der Waals surface area contributed by atoms with Crippen LogP contribution in [-0.2, 0) is 0 Å². The maximum Gasteiger partial charge on any atom is 0.0804 e. The summed E-state index contributed by atoms with van der Waals surface area (Å²) in [5, 5.41) is 5.05. The number of nitrogens with one attached hydrogen (secondary N) is 1. The highest BCUT2D eigenvalue weighted by molar-refractivity contribution is 6.31. The molecule has 4 heteroatoms. The summed E-state index contributed by atoms with van der Waals surface area (Å²) in [4.78, 5) is 8.78. The summed E-state index contributed by atoms with van der Waals surface area (Å²) in [6.07, 6.45) is 3.55. The van der Waals surface area contributed by atoms with Crippen LogP contribution >= 0.6 is 11.6 Å². The van der Waals surface area contributed by atoms with Crippen molar-refractivity contribution >= 4 is 22.5 Å². The fraction of sp³-hybridized carbons (Fsp3) is 0.125. The van der Waals surface area contributed by atoms with Gasteiger partial charge in [0.05, 0.1) is 22.3 Å². The zero-order valence-electron chi connectivity index (χ0n) is 11.0. The van der Waals surface area contributed by atoms with Crippen LogP contribution in [-0.4, -0.2) is 17.0 Å². The summed E-state index contributed by atoms with van der Waals surface area (Å²) in [6.45, 7) is 0. The number of aromatic nitrogens is 2. The summed E-state index contributed by atoms with van der Waals surface area (Å²) < 4.78 is 0. The average molecular weight is 284 g/mol. The van der Waals surface area contributed by atoms with E-state index in [4.69, 9.17) is 11.6 Å². The summed E-state index contributed by atoms with van der Waals surface area (Å²) in [6, 6.07) is 13.8. The van der Waals surface area contributed by atoms with Crippen LogP contribution in [0.4, 0.5) is 0 Å². The summed E-state index contributed by atoms with van der Waals surface area (Å²) >= 11 is 6.25. The van der Waals surface area contributed by atoms with Crippen LogP contribution in [0.25, 0.3) is 10.9 Å². The third-order valence-corrected chi connectivity index (χ3v) is 3.63. The zero-order chi connectivity index (χ0) is 13.9. The molecule has 0 amide bonds. The molecule has 0 saturated carbocycles. The maximum atomic E-state index is 6.25. The molecule has 3 nitrogen and oxygen atoms in total. The van der Waals surface area contributed by atoms with Gasteiger partial charge in [0, 0.05) is 17.8 Å². The van der Waals surface area contributed by atoms with Gasteiger partial charge in [-0.3, -0.25) is 9.97 Å². The Hall–Kier alpha value is -1.97. The van der Waals surface area contributed by atoms with E-state index in [1.54, 1.807) is 12.4 Å². The number of fused-ring (bicyclic) bond motifs is 1. The first kappa shape index (κ1) is 13.0. The van der Waals surface area contributed by atoms with Crippen LogP contribution in [0.2, 0.25) is 5.02 Å². The number of pyridine rings is 2. The van der Waals surface area contributed by atoms with E-state index in [0.717, 1.165) is 22.2 Å². The molecule has 0 aliphatic rings. The predicted molar refractivity (Wildman–Crippen MR) is 81.9 cm³/mol. The average Bonchev–Trinajstić information content (AvgIpc) is 2.50. The second kappa shape index (κ2) is 5.57. The van der Waals surface area contributed by atoms with Crippen molar-refractivity contribution in [3.05, 3.63) is 71.1 Å². The molecule has 100 valence electrons. The van der Waals surface area contributed by atoms with E-state index in [1.807, 2.05) is 31.3 Å². The highest BCUT2D eigenvalue weighted by Crippen LogP contribution is 2.27. The molecule has 1 aromatic carbocycles. The van der Waals surface area contributed by atoms with E-state index >= 15 is 0 Å². The summed E-state index contributed by atoms with van der Waals surface area (Å²) in [5.74, 6) is 0. The lowest BCUT2D eigenvalue weighted by Gasteiger charge is -2.17. The standard InChI is InChI=1S/C16H14ClN3/c1-18-15(16-13(17)5-3-9-20-16)12-7-6-11-4-2-8-19-14(11)10-12/h2-10,15,18H,1H3. The van der Waals surface area contributed by atoms with Crippen LogP contribution in [0.5, 0.6) is 0 Å². The van der Waals surface area contributed by atoms with Crippen molar-refractivity contribution in [1.82, 2.24) is 15.3 Å². The number of hydrogen-bond acceptors (Lipinski definition) is 3. The highest BCUT2D eigenvalue weighted by atomic mass is 35.5. The molecule has 2 aromatic heterocycles. The number of rotatable bonds is 3. The monoisotopic (exact) mass is 283 g/mol. The molecular formula is C16H14ClN3. The molecule has 20 heavy (non-hydrogen) atoms. The second-order valence-electron chi connectivity index (χ2n) is 4.55. The molecule has 1 N–H and O–H groups in total. The zero-order valence-corrected chi connectivity index (χ0v) is 11.8.